The normalized spacial score (nSPS) is 19.5. The fourth-order valence-corrected chi connectivity index (χ4v) is 3.75. The molecule has 0 saturated carbocycles. The molecular formula is C17H18ClN6O2+. The molecule has 2 aliphatic rings. The van der Waals surface area contributed by atoms with Crippen LogP contribution in [-0.4, -0.2) is 68.2 Å². The Labute approximate surface area is 155 Å². The van der Waals surface area contributed by atoms with Crippen LogP contribution in [0, 0.1) is 0 Å². The Hall–Kier alpha value is -2.74. The van der Waals surface area contributed by atoms with Crippen molar-refractivity contribution in [2.24, 2.45) is 0 Å². The largest absolute Gasteiger partial charge is 0.445 e. The maximum absolute atomic E-state index is 12.9. The van der Waals surface area contributed by atoms with Gasteiger partial charge in [-0.05, 0) is 26.0 Å². The molecule has 8 nitrogen and oxygen atoms in total. The lowest BCUT2D eigenvalue weighted by Crippen LogP contribution is -2.60. The molecule has 1 aromatic carbocycles. The molecule has 9 heteroatoms. The number of fused-ring (bicyclic) bond motifs is 3. The Kier molecular flexibility index (Phi) is 3.62. The summed E-state index contributed by atoms with van der Waals surface area (Å²) < 4.78 is 3.23. The first-order valence-corrected chi connectivity index (χ1v) is 8.63. The Balaban J connectivity index is 2.03. The first kappa shape index (κ1) is 16.7. The number of amides is 3. The molecule has 0 N–H and O–H groups in total. The van der Waals surface area contributed by atoms with Gasteiger partial charge in [0.15, 0.2) is 0 Å². The highest BCUT2D eigenvalue weighted by atomic mass is 35.5. The van der Waals surface area contributed by atoms with E-state index < -0.39 is 12.1 Å². The highest BCUT2D eigenvalue weighted by molar-refractivity contribution is 6.33. The molecule has 0 spiro atoms. The average Bonchev–Trinajstić information content (AvgIpc) is 3.16. The lowest BCUT2D eigenvalue weighted by Gasteiger charge is -2.29. The lowest BCUT2D eigenvalue weighted by atomic mass is 10.1. The Morgan fingerprint density at radius 3 is 2.54 bits per heavy atom. The zero-order valence-electron chi connectivity index (χ0n) is 14.8. The van der Waals surface area contributed by atoms with Crippen molar-refractivity contribution < 1.29 is 14.2 Å². The van der Waals surface area contributed by atoms with Crippen molar-refractivity contribution in [3.63, 3.8) is 0 Å². The molecule has 2 aromatic rings. The van der Waals surface area contributed by atoms with Crippen LogP contribution in [0.3, 0.4) is 0 Å². The number of hydrogen-bond donors (Lipinski definition) is 0. The van der Waals surface area contributed by atoms with Crippen LogP contribution in [0.2, 0.25) is 5.02 Å². The summed E-state index contributed by atoms with van der Waals surface area (Å²) in [5.74, 6) is 1.28. The van der Waals surface area contributed by atoms with E-state index in [0.717, 1.165) is 4.90 Å². The van der Waals surface area contributed by atoms with Crippen LogP contribution >= 0.6 is 11.6 Å². The van der Waals surface area contributed by atoms with Gasteiger partial charge < -0.3 is 4.90 Å². The minimum Gasteiger partial charge on any atom is -0.303 e. The van der Waals surface area contributed by atoms with Gasteiger partial charge in [0.2, 0.25) is 17.7 Å². The zero-order chi connectivity index (χ0) is 18.7. The van der Waals surface area contributed by atoms with Gasteiger partial charge in [-0.25, -0.2) is 9.37 Å². The number of urea groups is 1. The summed E-state index contributed by atoms with van der Waals surface area (Å²) in [7, 11) is 3.14. The maximum atomic E-state index is 12.9. The monoisotopic (exact) mass is 373 g/mol. The smallest absolute Gasteiger partial charge is 0.303 e. The van der Waals surface area contributed by atoms with E-state index in [1.165, 1.54) is 11.6 Å². The highest BCUT2D eigenvalue weighted by Gasteiger charge is 2.56. The number of anilines is 1. The summed E-state index contributed by atoms with van der Waals surface area (Å²) in [5, 5.41) is 9.13. The van der Waals surface area contributed by atoms with E-state index in [0.29, 0.717) is 28.2 Å². The standard InChI is InChI=1S/C17H18ClN6O2/c1-9(2)23-12-14(21(3)17(26)22(4)15(12)25)24-13(19-20-16(23)24)10-7-5-6-8-11(10)18/h5-9,12H,1-4H3/q+1. The minimum atomic E-state index is -0.630. The third kappa shape index (κ3) is 2.05. The van der Waals surface area contributed by atoms with Gasteiger partial charge in [0.25, 0.3) is 5.95 Å². The molecule has 0 bridgehead atoms. The predicted molar refractivity (Wildman–Crippen MR) is 96.6 cm³/mol. The van der Waals surface area contributed by atoms with E-state index in [-0.39, 0.29) is 11.9 Å². The number of carbonyl (C=O) groups is 2. The van der Waals surface area contributed by atoms with Gasteiger partial charge in [-0.2, -0.15) is 9.47 Å². The van der Waals surface area contributed by atoms with Crippen molar-refractivity contribution in [1.82, 2.24) is 19.7 Å². The quantitative estimate of drug-likeness (QED) is 0.749. The average molecular weight is 374 g/mol. The van der Waals surface area contributed by atoms with Gasteiger partial charge in [-0.15, -0.1) is 5.10 Å². The van der Waals surface area contributed by atoms with Gasteiger partial charge >= 0.3 is 11.9 Å². The molecule has 1 atom stereocenters. The number of rotatable bonds is 2. The number of halogens is 1. The fraction of sp³-hybridized carbons (Fsp3) is 0.353. The van der Waals surface area contributed by atoms with Gasteiger partial charge in [-0.1, -0.05) is 28.8 Å². The Bertz CT molecular complexity index is 979. The minimum absolute atomic E-state index is 0.0153. The number of aromatic nitrogens is 3. The molecule has 26 heavy (non-hydrogen) atoms. The van der Waals surface area contributed by atoms with Crippen LogP contribution < -0.4 is 4.90 Å². The van der Waals surface area contributed by atoms with Crippen molar-refractivity contribution in [3.05, 3.63) is 29.3 Å². The van der Waals surface area contributed by atoms with E-state index in [1.807, 2.05) is 36.9 Å². The summed E-state index contributed by atoms with van der Waals surface area (Å²) in [6.45, 7) is 3.95. The van der Waals surface area contributed by atoms with E-state index in [4.69, 9.17) is 11.6 Å². The van der Waals surface area contributed by atoms with Crippen LogP contribution in [0.1, 0.15) is 13.8 Å². The summed E-state index contributed by atoms with van der Waals surface area (Å²) in [5.41, 5.74) is 0.692. The molecule has 1 aromatic heterocycles. The molecule has 3 heterocycles. The molecule has 3 amide bonds. The number of benzene rings is 1. The third-order valence-corrected chi connectivity index (χ3v) is 5.11. The molecule has 0 saturated heterocycles. The first-order valence-electron chi connectivity index (χ1n) is 8.25. The Morgan fingerprint density at radius 2 is 1.88 bits per heavy atom. The van der Waals surface area contributed by atoms with E-state index >= 15 is 0 Å². The van der Waals surface area contributed by atoms with Gasteiger partial charge in [0.05, 0.1) is 24.7 Å². The second kappa shape index (κ2) is 5.63. The number of nitrogens with zero attached hydrogens (tertiary/aromatic N) is 6. The predicted octanol–water partition coefficient (Wildman–Crippen LogP) is 1.68. The molecule has 134 valence electrons. The van der Waals surface area contributed by atoms with Crippen molar-refractivity contribution in [3.8, 4) is 11.4 Å². The molecular weight excluding hydrogens is 356 g/mol. The Morgan fingerprint density at radius 1 is 1.19 bits per heavy atom. The first-order chi connectivity index (χ1) is 12.3. The molecule has 1 unspecified atom stereocenters. The maximum Gasteiger partial charge on any atom is 0.445 e. The second-order valence-electron chi connectivity index (χ2n) is 6.64. The third-order valence-electron chi connectivity index (χ3n) is 4.78. The zero-order valence-corrected chi connectivity index (χ0v) is 15.6. The topological polar surface area (TPSA) is 74.3 Å². The van der Waals surface area contributed by atoms with Crippen LogP contribution in [0.15, 0.2) is 24.3 Å². The SMILES string of the molecule is CC(C)N1c2nnc(-c3ccccc3Cl)n2C2=[N+](C)C(=O)N(C)C(=O)C21. The van der Waals surface area contributed by atoms with Crippen molar-refractivity contribution in [2.75, 3.05) is 19.0 Å². The van der Waals surface area contributed by atoms with E-state index in [1.54, 1.807) is 17.7 Å². The number of carbonyl (C=O) groups excluding carboxylic acids is 2. The van der Waals surface area contributed by atoms with Crippen LogP contribution in [0.25, 0.3) is 11.4 Å². The van der Waals surface area contributed by atoms with Crippen molar-refractivity contribution >= 4 is 35.3 Å². The van der Waals surface area contributed by atoms with Gasteiger partial charge in [0.1, 0.15) is 0 Å². The van der Waals surface area contributed by atoms with Crippen LogP contribution in [0.4, 0.5) is 10.7 Å². The molecule has 0 aliphatic carbocycles. The van der Waals surface area contributed by atoms with Crippen LogP contribution in [0.5, 0.6) is 0 Å². The van der Waals surface area contributed by atoms with Crippen molar-refractivity contribution in [1.29, 1.82) is 0 Å². The number of hydrogen-bond acceptors (Lipinski definition) is 5. The summed E-state index contributed by atoms with van der Waals surface area (Å²) in [6.07, 6.45) is 0. The summed E-state index contributed by atoms with van der Waals surface area (Å²) >= 11 is 6.35. The van der Waals surface area contributed by atoms with E-state index in [9.17, 15) is 9.59 Å². The number of imide groups is 1. The molecule has 0 radical (unpaired) electrons. The van der Waals surface area contributed by atoms with Gasteiger partial charge in [-0.3, -0.25) is 4.79 Å². The molecule has 4 rings (SSSR count). The molecule has 2 aliphatic heterocycles. The highest BCUT2D eigenvalue weighted by Crippen LogP contribution is 2.36. The lowest BCUT2D eigenvalue weighted by molar-refractivity contribution is -0.407. The van der Waals surface area contributed by atoms with Crippen LogP contribution in [-0.2, 0) is 4.79 Å². The summed E-state index contributed by atoms with van der Waals surface area (Å²) in [4.78, 5) is 28.4. The molecule has 0 fully saturated rings. The van der Waals surface area contributed by atoms with Crippen molar-refractivity contribution in [2.45, 2.75) is 25.9 Å². The van der Waals surface area contributed by atoms with Gasteiger partial charge in [0, 0.05) is 6.04 Å². The fourth-order valence-electron chi connectivity index (χ4n) is 3.53. The second-order valence-corrected chi connectivity index (χ2v) is 7.05. The summed E-state index contributed by atoms with van der Waals surface area (Å²) in [6, 6.07) is 6.26. The van der Waals surface area contributed by atoms with E-state index in [2.05, 4.69) is 10.2 Å². The number of likely N-dealkylation sites (N-methyl/N-ethyl adjacent to an activating group) is 1.